The predicted molar refractivity (Wildman–Crippen MR) is 79.6 cm³/mol. The van der Waals surface area contributed by atoms with E-state index in [1.165, 1.54) is 12.4 Å². The maximum absolute atomic E-state index is 12.5. The van der Waals surface area contributed by atoms with Gasteiger partial charge < -0.3 is 14.5 Å². The van der Waals surface area contributed by atoms with Gasteiger partial charge in [-0.15, -0.1) is 0 Å². The molecule has 0 aromatic carbocycles. The van der Waals surface area contributed by atoms with Crippen molar-refractivity contribution >= 4 is 17.5 Å². The van der Waals surface area contributed by atoms with Crippen LogP contribution in [0.2, 0.25) is 5.02 Å². The Morgan fingerprint density at radius 2 is 2.36 bits per heavy atom. The number of carbonyl (C=O) groups excluding carboxylic acids is 1. The van der Waals surface area contributed by atoms with E-state index in [1.807, 2.05) is 13.0 Å². The molecule has 1 fully saturated rings. The minimum absolute atomic E-state index is 0.0723. The maximum Gasteiger partial charge on any atom is 0.255 e. The largest absolute Gasteiger partial charge is 0.391 e. The molecule has 2 aromatic heterocycles. The van der Waals surface area contributed by atoms with Crippen LogP contribution < -0.4 is 0 Å². The number of nitrogens with zero attached hydrogens (tertiary/aromatic N) is 3. The lowest BCUT2D eigenvalue weighted by Crippen LogP contribution is -2.29. The van der Waals surface area contributed by atoms with Gasteiger partial charge in [-0.05, 0) is 13.0 Å². The molecule has 1 aliphatic rings. The second-order valence-electron chi connectivity index (χ2n) is 5.53. The molecule has 2 atom stereocenters. The molecule has 1 aliphatic heterocycles. The van der Waals surface area contributed by atoms with Gasteiger partial charge in [0.25, 0.3) is 5.91 Å². The number of aliphatic hydroxyl groups is 1. The fourth-order valence-corrected chi connectivity index (χ4v) is 2.91. The Morgan fingerprint density at radius 3 is 3.05 bits per heavy atom. The molecule has 6 nitrogen and oxygen atoms in total. The zero-order valence-corrected chi connectivity index (χ0v) is 12.8. The SMILES string of the molecule is Cc1cc(C[C@@H]2CN(C(=O)c3ccncc3Cl)C[C@@H]2O)on1. The van der Waals surface area contributed by atoms with Crippen LogP contribution in [0.5, 0.6) is 0 Å². The highest BCUT2D eigenvalue weighted by Gasteiger charge is 2.35. The van der Waals surface area contributed by atoms with Gasteiger partial charge in [-0.3, -0.25) is 9.78 Å². The summed E-state index contributed by atoms with van der Waals surface area (Å²) in [6.45, 7) is 2.59. The number of halogens is 1. The first-order valence-corrected chi connectivity index (χ1v) is 7.41. The third kappa shape index (κ3) is 2.98. The molecule has 0 unspecified atom stereocenters. The van der Waals surface area contributed by atoms with Gasteiger partial charge in [-0.1, -0.05) is 16.8 Å². The van der Waals surface area contributed by atoms with Gasteiger partial charge in [0, 0.05) is 43.9 Å². The van der Waals surface area contributed by atoms with Crippen LogP contribution in [0.4, 0.5) is 0 Å². The summed E-state index contributed by atoms with van der Waals surface area (Å²) in [6.07, 6.45) is 2.93. The lowest BCUT2D eigenvalue weighted by Gasteiger charge is -2.16. The fraction of sp³-hybridized carbons (Fsp3) is 0.400. The van der Waals surface area contributed by atoms with Gasteiger partial charge in [0.1, 0.15) is 5.76 Å². The lowest BCUT2D eigenvalue weighted by atomic mass is 10.0. The Balaban J connectivity index is 1.70. The van der Waals surface area contributed by atoms with Crippen LogP contribution in [0.25, 0.3) is 0 Å². The monoisotopic (exact) mass is 321 g/mol. The molecule has 22 heavy (non-hydrogen) atoms. The normalized spacial score (nSPS) is 21.3. The first-order valence-electron chi connectivity index (χ1n) is 7.03. The van der Waals surface area contributed by atoms with E-state index in [9.17, 15) is 9.90 Å². The molecule has 1 saturated heterocycles. The van der Waals surface area contributed by atoms with Crippen molar-refractivity contribution in [3.8, 4) is 0 Å². The molecule has 7 heteroatoms. The number of carbonyl (C=O) groups is 1. The lowest BCUT2D eigenvalue weighted by molar-refractivity contribution is 0.0764. The van der Waals surface area contributed by atoms with Crippen LogP contribution in [-0.4, -0.2) is 45.2 Å². The number of β-amino-alcohol motifs (C(OH)–C–C–N with tert-alkyl or cyclic N) is 1. The molecule has 0 saturated carbocycles. The van der Waals surface area contributed by atoms with E-state index in [0.29, 0.717) is 23.6 Å². The van der Waals surface area contributed by atoms with E-state index in [4.69, 9.17) is 16.1 Å². The summed E-state index contributed by atoms with van der Waals surface area (Å²) in [5.74, 6) is 0.456. The number of aliphatic hydroxyl groups excluding tert-OH is 1. The van der Waals surface area contributed by atoms with Crippen LogP contribution in [0.1, 0.15) is 21.8 Å². The number of rotatable bonds is 3. The second kappa shape index (κ2) is 6.06. The molecule has 2 aromatic rings. The first-order chi connectivity index (χ1) is 10.5. The van der Waals surface area contributed by atoms with E-state index in [-0.39, 0.29) is 18.4 Å². The topological polar surface area (TPSA) is 79.5 Å². The molecule has 0 spiro atoms. The quantitative estimate of drug-likeness (QED) is 0.931. The van der Waals surface area contributed by atoms with Crippen molar-refractivity contribution < 1.29 is 14.4 Å². The molecule has 1 N–H and O–H groups in total. The number of aryl methyl sites for hydroxylation is 1. The highest BCUT2D eigenvalue weighted by Crippen LogP contribution is 2.25. The molecular formula is C15H16ClN3O3. The molecule has 1 amide bonds. The van der Waals surface area contributed by atoms with Crippen molar-refractivity contribution in [2.24, 2.45) is 5.92 Å². The summed E-state index contributed by atoms with van der Waals surface area (Å²) >= 11 is 6.01. The van der Waals surface area contributed by atoms with E-state index < -0.39 is 6.10 Å². The van der Waals surface area contributed by atoms with Crippen LogP contribution >= 0.6 is 11.6 Å². The van der Waals surface area contributed by atoms with Crippen molar-refractivity contribution in [2.45, 2.75) is 19.4 Å². The zero-order valence-electron chi connectivity index (χ0n) is 12.1. The summed E-state index contributed by atoms with van der Waals surface area (Å²) in [5.41, 5.74) is 1.21. The molecule has 116 valence electrons. The number of hydrogen-bond acceptors (Lipinski definition) is 5. The van der Waals surface area contributed by atoms with Crippen molar-refractivity contribution in [1.29, 1.82) is 0 Å². The number of hydrogen-bond donors (Lipinski definition) is 1. The minimum Gasteiger partial charge on any atom is -0.391 e. The molecule has 0 bridgehead atoms. The molecule has 0 radical (unpaired) electrons. The fourth-order valence-electron chi connectivity index (χ4n) is 2.71. The molecular weight excluding hydrogens is 306 g/mol. The highest BCUT2D eigenvalue weighted by atomic mass is 35.5. The zero-order chi connectivity index (χ0) is 15.7. The number of amides is 1. The predicted octanol–water partition coefficient (Wildman–Crippen LogP) is 1.71. The molecule has 0 aliphatic carbocycles. The van der Waals surface area contributed by atoms with Crippen molar-refractivity contribution in [3.63, 3.8) is 0 Å². The van der Waals surface area contributed by atoms with Gasteiger partial charge in [0.2, 0.25) is 0 Å². The first kappa shape index (κ1) is 15.0. The number of likely N-dealkylation sites (tertiary alicyclic amines) is 1. The standard InChI is InChI=1S/C15H16ClN3O3/c1-9-4-11(22-18-9)5-10-7-19(8-14(10)20)15(21)12-2-3-17-6-13(12)16/h2-4,6,10,14,20H,5,7-8H2,1H3/t10-,14+/m1/s1. The number of pyridine rings is 1. The summed E-state index contributed by atoms with van der Waals surface area (Å²) in [4.78, 5) is 18.0. The van der Waals surface area contributed by atoms with Crippen LogP contribution in [0.3, 0.4) is 0 Å². The van der Waals surface area contributed by atoms with Crippen molar-refractivity contribution in [2.75, 3.05) is 13.1 Å². The van der Waals surface area contributed by atoms with E-state index in [1.54, 1.807) is 11.0 Å². The third-order valence-corrected chi connectivity index (χ3v) is 4.14. The van der Waals surface area contributed by atoms with Crippen LogP contribution in [-0.2, 0) is 6.42 Å². The summed E-state index contributed by atoms with van der Waals surface area (Å²) < 4.78 is 5.18. The van der Waals surface area contributed by atoms with E-state index in [0.717, 1.165) is 11.5 Å². The van der Waals surface area contributed by atoms with Gasteiger partial charge in [-0.2, -0.15) is 0 Å². The summed E-state index contributed by atoms with van der Waals surface area (Å²) in [7, 11) is 0. The summed E-state index contributed by atoms with van der Waals surface area (Å²) in [5, 5.41) is 14.3. The smallest absolute Gasteiger partial charge is 0.255 e. The Morgan fingerprint density at radius 1 is 1.55 bits per heavy atom. The molecule has 3 heterocycles. The van der Waals surface area contributed by atoms with E-state index in [2.05, 4.69) is 10.1 Å². The van der Waals surface area contributed by atoms with Crippen molar-refractivity contribution in [3.05, 3.63) is 46.6 Å². The van der Waals surface area contributed by atoms with Crippen LogP contribution in [0, 0.1) is 12.8 Å². The van der Waals surface area contributed by atoms with Gasteiger partial charge in [0.15, 0.2) is 0 Å². The Hall–Kier alpha value is -1.92. The van der Waals surface area contributed by atoms with Gasteiger partial charge in [0.05, 0.1) is 22.4 Å². The maximum atomic E-state index is 12.5. The van der Waals surface area contributed by atoms with Gasteiger partial charge in [-0.25, -0.2) is 0 Å². The Bertz CT molecular complexity index is 688. The van der Waals surface area contributed by atoms with Crippen LogP contribution in [0.15, 0.2) is 29.0 Å². The molecule has 3 rings (SSSR count). The highest BCUT2D eigenvalue weighted by molar-refractivity contribution is 6.33. The minimum atomic E-state index is -0.588. The second-order valence-corrected chi connectivity index (χ2v) is 5.94. The summed E-state index contributed by atoms with van der Waals surface area (Å²) in [6, 6.07) is 3.43. The Labute approximate surface area is 132 Å². The van der Waals surface area contributed by atoms with Gasteiger partial charge >= 0.3 is 0 Å². The average molecular weight is 322 g/mol. The number of aromatic nitrogens is 2. The van der Waals surface area contributed by atoms with Crippen molar-refractivity contribution in [1.82, 2.24) is 15.0 Å². The average Bonchev–Trinajstić information content (AvgIpc) is 3.06. The van der Waals surface area contributed by atoms with E-state index >= 15 is 0 Å². The third-order valence-electron chi connectivity index (χ3n) is 3.84. The Kier molecular flexibility index (Phi) is 4.13.